The van der Waals surface area contributed by atoms with Crippen LogP contribution in [0, 0.1) is 5.92 Å². The molecule has 0 bridgehead atoms. The second kappa shape index (κ2) is 6.88. The highest BCUT2D eigenvalue weighted by molar-refractivity contribution is 4.97. The van der Waals surface area contributed by atoms with Gasteiger partial charge in [0.25, 0.3) is 0 Å². The summed E-state index contributed by atoms with van der Waals surface area (Å²) in [6.07, 6.45) is 5.18. The molecule has 5 heteroatoms. The summed E-state index contributed by atoms with van der Waals surface area (Å²) in [4.78, 5) is 4.45. The predicted molar refractivity (Wildman–Crippen MR) is 82.1 cm³/mol. The van der Waals surface area contributed by atoms with Gasteiger partial charge in [0.1, 0.15) is 0 Å². The van der Waals surface area contributed by atoms with Gasteiger partial charge in [-0.05, 0) is 38.5 Å². The lowest BCUT2D eigenvalue weighted by atomic mass is 9.85. The Morgan fingerprint density at radius 2 is 2.00 bits per heavy atom. The summed E-state index contributed by atoms with van der Waals surface area (Å²) < 4.78 is 5.35. The molecule has 1 aliphatic rings. The van der Waals surface area contributed by atoms with Crippen molar-refractivity contribution < 1.29 is 9.63 Å². The van der Waals surface area contributed by atoms with Gasteiger partial charge in [0.15, 0.2) is 5.82 Å². The van der Waals surface area contributed by atoms with Gasteiger partial charge in [-0.15, -0.1) is 0 Å². The Labute approximate surface area is 127 Å². The molecule has 1 unspecified atom stereocenters. The second-order valence-corrected chi connectivity index (χ2v) is 6.84. The van der Waals surface area contributed by atoms with Crippen LogP contribution in [0.5, 0.6) is 0 Å². The minimum Gasteiger partial charge on any atom is -0.389 e. The molecule has 21 heavy (non-hydrogen) atoms. The van der Waals surface area contributed by atoms with E-state index in [0.717, 1.165) is 43.8 Å². The molecule has 2 rings (SSSR count). The lowest BCUT2D eigenvalue weighted by Gasteiger charge is -2.33. The summed E-state index contributed by atoms with van der Waals surface area (Å²) in [7, 11) is 0. The van der Waals surface area contributed by atoms with Gasteiger partial charge in [-0.3, -0.25) is 0 Å². The summed E-state index contributed by atoms with van der Waals surface area (Å²) in [6.45, 7) is 8.70. The smallest absolute Gasteiger partial charge is 0.229 e. The van der Waals surface area contributed by atoms with Crippen LogP contribution in [0.25, 0.3) is 0 Å². The van der Waals surface area contributed by atoms with E-state index >= 15 is 0 Å². The lowest BCUT2D eigenvalue weighted by molar-refractivity contribution is 0.0105. The van der Waals surface area contributed by atoms with Crippen molar-refractivity contribution in [1.29, 1.82) is 0 Å². The summed E-state index contributed by atoms with van der Waals surface area (Å²) in [5, 5.41) is 17.8. The average Bonchev–Trinajstić information content (AvgIpc) is 2.94. The number of aromatic nitrogens is 2. The molecule has 0 aromatic carbocycles. The highest BCUT2D eigenvalue weighted by Gasteiger charge is 2.29. The quantitative estimate of drug-likeness (QED) is 0.844. The van der Waals surface area contributed by atoms with Crippen molar-refractivity contribution in [2.24, 2.45) is 5.92 Å². The maximum absolute atomic E-state index is 10.3. The Hall–Kier alpha value is -0.940. The van der Waals surface area contributed by atoms with E-state index < -0.39 is 5.60 Å². The Morgan fingerprint density at radius 3 is 2.52 bits per heavy atom. The first-order valence-corrected chi connectivity index (χ1v) is 8.20. The average molecular weight is 295 g/mol. The number of hydrogen-bond acceptors (Lipinski definition) is 5. The first kappa shape index (κ1) is 16.4. The molecule has 0 radical (unpaired) electrons. The van der Waals surface area contributed by atoms with Crippen LogP contribution in [-0.2, 0) is 6.42 Å². The molecule has 1 aromatic heterocycles. The largest absolute Gasteiger partial charge is 0.389 e. The maximum Gasteiger partial charge on any atom is 0.229 e. The highest BCUT2D eigenvalue weighted by Crippen LogP contribution is 2.32. The SMILES string of the molecule is CCc1noc(C2CCC(NCC(C)(O)C(C)C)CC2)n1. The first-order chi connectivity index (χ1) is 9.92. The fourth-order valence-electron chi connectivity index (χ4n) is 2.68. The molecule has 2 N–H and O–H groups in total. The third-order valence-electron chi connectivity index (χ3n) is 4.87. The van der Waals surface area contributed by atoms with Gasteiger partial charge in [0.2, 0.25) is 5.89 Å². The normalized spacial score (nSPS) is 26.0. The van der Waals surface area contributed by atoms with Crippen molar-refractivity contribution in [2.75, 3.05) is 6.54 Å². The third-order valence-corrected chi connectivity index (χ3v) is 4.87. The van der Waals surface area contributed by atoms with E-state index in [0.29, 0.717) is 18.5 Å². The molecule has 0 saturated heterocycles. The van der Waals surface area contributed by atoms with Gasteiger partial charge < -0.3 is 14.9 Å². The Morgan fingerprint density at radius 1 is 1.33 bits per heavy atom. The van der Waals surface area contributed by atoms with Crippen molar-refractivity contribution in [1.82, 2.24) is 15.5 Å². The van der Waals surface area contributed by atoms with Crippen LogP contribution in [0.15, 0.2) is 4.52 Å². The van der Waals surface area contributed by atoms with Crippen LogP contribution in [0.1, 0.15) is 71.0 Å². The minimum absolute atomic E-state index is 0.257. The van der Waals surface area contributed by atoms with Gasteiger partial charge in [0.05, 0.1) is 5.60 Å². The molecule has 0 spiro atoms. The molecule has 0 amide bonds. The maximum atomic E-state index is 10.3. The monoisotopic (exact) mass is 295 g/mol. The van der Waals surface area contributed by atoms with Crippen LogP contribution in [0.4, 0.5) is 0 Å². The number of rotatable bonds is 6. The van der Waals surface area contributed by atoms with Gasteiger partial charge in [0, 0.05) is 24.9 Å². The highest BCUT2D eigenvalue weighted by atomic mass is 16.5. The molecule has 1 saturated carbocycles. The number of aliphatic hydroxyl groups is 1. The number of aryl methyl sites for hydroxylation is 1. The van der Waals surface area contributed by atoms with Gasteiger partial charge in [-0.25, -0.2) is 0 Å². The molecule has 1 fully saturated rings. The lowest BCUT2D eigenvalue weighted by Crippen LogP contribution is -2.46. The number of nitrogens with one attached hydrogen (secondary N) is 1. The summed E-state index contributed by atoms with van der Waals surface area (Å²) >= 11 is 0. The predicted octanol–water partition coefficient (Wildman–Crippen LogP) is 2.65. The zero-order valence-electron chi connectivity index (χ0n) is 13.7. The summed E-state index contributed by atoms with van der Waals surface area (Å²) in [6, 6.07) is 0.486. The molecule has 5 nitrogen and oxygen atoms in total. The van der Waals surface area contributed by atoms with E-state index in [9.17, 15) is 5.11 Å². The number of hydrogen-bond donors (Lipinski definition) is 2. The van der Waals surface area contributed by atoms with E-state index in [4.69, 9.17) is 4.52 Å². The van der Waals surface area contributed by atoms with Crippen molar-refractivity contribution in [3.8, 4) is 0 Å². The Balaban J connectivity index is 1.78. The van der Waals surface area contributed by atoms with E-state index in [1.54, 1.807) is 0 Å². The zero-order valence-corrected chi connectivity index (χ0v) is 13.7. The molecule has 1 aromatic rings. The second-order valence-electron chi connectivity index (χ2n) is 6.84. The Kier molecular flexibility index (Phi) is 5.38. The van der Waals surface area contributed by atoms with E-state index in [1.165, 1.54) is 0 Å². The molecular weight excluding hydrogens is 266 g/mol. The molecule has 1 atom stereocenters. The van der Waals surface area contributed by atoms with Crippen LogP contribution < -0.4 is 5.32 Å². The molecule has 1 aliphatic carbocycles. The van der Waals surface area contributed by atoms with Crippen LogP contribution in [-0.4, -0.2) is 33.4 Å². The van der Waals surface area contributed by atoms with Crippen molar-refractivity contribution in [3.05, 3.63) is 11.7 Å². The van der Waals surface area contributed by atoms with Gasteiger partial charge in [-0.1, -0.05) is 25.9 Å². The van der Waals surface area contributed by atoms with E-state index in [-0.39, 0.29) is 5.92 Å². The third kappa shape index (κ3) is 4.27. The topological polar surface area (TPSA) is 71.2 Å². The molecule has 0 aliphatic heterocycles. The first-order valence-electron chi connectivity index (χ1n) is 8.20. The van der Waals surface area contributed by atoms with Gasteiger partial charge >= 0.3 is 0 Å². The molecule has 1 heterocycles. The van der Waals surface area contributed by atoms with E-state index in [1.807, 2.05) is 13.8 Å². The number of nitrogens with zero attached hydrogens (tertiary/aromatic N) is 2. The standard InChI is InChI=1S/C16H29N3O2/c1-5-14-18-15(21-19-14)12-6-8-13(9-7-12)17-10-16(4,20)11(2)3/h11-13,17,20H,5-10H2,1-4H3. The van der Waals surface area contributed by atoms with E-state index in [2.05, 4.69) is 29.3 Å². The Bertz CT molecular complexity index is 434. The molecular formula is C16H29N3O2. The summed E-state index contributed by atoms with van der Waals surface area (Å²) in [5.74, 6) is 2.27. The van der Waals surface area contributed by atoms with Gasteiger partial charge in [-0.2, -0.15) is 4.98 Å². The van der Waals surface area contributed by atoms with Crippen LogP contribution >= 0.6 is 0 Å². The van der Waals surface area contributed by atoms with Crippen molar-refractivity contribution >= 4 is 0 Å². The fourth-order valence-corrected chi connectivity index (χ4v) is 2.68. The van der Waals surface area contributed by atoms with Crippen LogP contribution in [0.3, 0.4) is 0 Å². The fraction of sp³-hybridized carbons (Fsp3) is 0.875. The van der Waals surface area contributed by atoms with Crippen LogP contribution in [0.2, 0.25) is 0 Å². The van der Waals surface area contributed by atoms with Crippen molar-refractivity contribution in [3.63, 3.8) is 0 Å². The van der Waals surface area contributed by atoms with Crippen molar-refractivity contribution in [2.45, 2.75) is 77.4 Å². The minimum atomic E-state index is -0.640. The summed E-state index contributed by atoms with van der Waals surface area (Å²) in [5.41, 5.74) is -0.640. The zero-order chi connectivity index (χ0) is 15.5. The molecule has 120 valence electrons.